The third kappa shape index (κ3) is 4.01. The summed E-state index contributed by atoms with van der Waals surface area (Å²) in [6.45, 7) is 4.94. The van der Waals surface area contributed by atoms with E-state index in [1.165, 1.54) is 11.8 Å². The number of hydrogen-bond acceptors (Lipinski definition) is 4. The van der Waals surface area contributed by atoms with Gasteiger partial charge in [-0.05, 0) is 53.0 Å². The number of hydrogen-bond donors (Lipinski definition) is 1. The van der Waals surface area contributed by atoms with E-state index >= 15 is 0 Å². The minimum absolute atomic E-state index is 0.457. The molecule has 0 aromatic heterocycles. The molecule has 2 aromatic carbocycles. The Morgan fingerprint density at radius 2 is 2.00 bits per heavy atom. The van der Waals surface area contributed by atoms with Crippen molar-refractivity contribution in [2.24, 2.45) is 5.16 Å². The van der Waals surface area contributed by atoms with Crippen molar-refractivity contribution in [3.63, 3.8) is 0 Å². The first-order chi connectivity index (χ1) is 10.7. The van der Waals surface area contributed by atoms with E-state index in [1.54, 1.807) is 6.07 Å². The van der Waals surface area contributed by atoms with Crippen molar-refractivity contribution in [1.29, 1.82) is 0 Å². The van der Waals surface area contributed by atoms with Crippen LogP contribution in [0.25, 0.3) is 0 Å². The average molecular weight is 364 g/mol. The van der Waals surface area contributed by atoms with Crippen LogP contribution in [0.2, 0.25) is 0 Å². The van der Waals surface area contributed by atoms with Gasteiger partial charge in [-0.2, -0.15) is 0 Å². The molecule has 0 spiro atoms. The molecule has 0 aliphatic heterocycles. The third-order valence-corrected chi connectivity index (χ3v) is 3.76. The number of benzene rings is 2. The van der Waals surface area contributed by atoms with Gasteiger partial charge in [-0.3, -0.25) is 0 Å². The smallest absolute Gasteiger partial charge is 0.175 e. The molecule has 0 unspecified atom stereocenters. The predicted molar refractivity (Wildman–Crippen MR) is 90.2 cm³/mol. The van der Waals surface area contributed by atoms with Crippen molar-refractivity contribution in [1.82, 2.24) is 0 Å². The highest BCUT2D eigenvalue weighted by Crippen LogP contribution is 2.37. The number of oxime groups is 1. The first kappa shape index (κ1) is 16.4. The number of nitrogens with zero attached hydrogens (tertiary/aromatic N) is 1. The Morgan fingerprint density at radius 1 is 1.23 bits per heavy atom. The van der Waals surface area contributed by atoms with E-state index in [9.17, 15) is 0 Å². The average Bonchev–Trinajstić information content (AvgIpc) is 2.49. The molecule has 0 fully saturated rings. The van der Waals surface area contributed by atoms with Gasteiger partial charge >= 0.3 is 0 Å². The lowest BCUT2D eigenvalue weighted by atomic mass is 10.1. The molecule has 0 aliphatic carbocycles. The molecule has 0 saturated carbocycles. The lowest BCUT2D eigenvalue weighted by Gasteiger charge is -2.15. The van der Waals surface area contributed by atoms with Gasteiger partial charge in [-0.15, -0.1) is 0 Å². The van der Waals surface area contributed by atoms with Crippen LogP contribution < -0.4 is 9.47 Å². The zero-order chi connectivity index (χ0) is 15.9. The van der Waals surface area contributed by atoms with E-state index < -0.39 is 0 Å². The van der Waals surface area contributed by atoms with Gasteiger partial charge in [0.05, 0.1) is 17.3 Å². The lowest BCUT2D eigenvalue weighted by molar-refractivity contribution is 0.267. The molecule has 0 heterocycles. The Kier molecular flexibility index (Phi) is 5.83. The molecule has 0 atom stereocenters. The molecule has 0 aliphatic rings. The normalized spacial score (nSPS) is 10.9. The standard InChI is InChI=1S/C17H18BrNO3/c1-3-21-16-9-13(10-19-20)8-15(18)17(16)22-11-14-7-5-4-6-12(14)2/h4-10,20H,3,11H2,1-2H3/b19-10-. The maximum absolute atomic E-state index is 8.67. The zero-order valence-corrected chi connectivity index (χ0v) is 14.1. The van der Waals surface area contributed by atoms with E-state index in [1.807, 2.05) is 31.2 Å². The molecule has 5 heteroatoms. The molecule has 0 bridgehead atoms. The molecular weight excluding hydrogens is 346 g/mol. The number of rotatable bonds is 6. The fourth-order valence-electron chi connectivity index (χ4n) is 2.05. The number of halogens is 1. The van der Waals surface area contributed by atoms with Crippen LogP contribution in [0.5, 0.6) is 11.5 Å². The Bertz CT molecular complexity index is 671. The SMILES string of the molecule is CCOc1cc(/C=N\O)cc(Br)c1OCc1ccccc1C. The van der Waals surface area contributed by atoms with Gasteiger partial charge in [0.15, 0.2) is 11.5 Å². The molecule has 22 heavy (non-hydrogen) atoms. The van der Waals surface area contributed by atoms with Crippen LogP contribution in [0.3, 0.4) is 0 Å². The summed E-state index contributed by atoms with van der Waals surface area (Å²) in [6, 6.07) is 11.7. The highest BCUT2D eigenvalue weighted by Gasteiger charge is 2.12. The van der Waals surface area contributed by atoms with Crippen LogP contribution >= 0.6 is 15.9 Å². The van der Waals surface area contributed by atoms with Crippen molar-refractivity contribution in [2.75, 3.05) is 6.61 Å². The van der Waals surface area contributed by atoms with E-state index in [4.69, 9.17) is 14.7 Å². The Labute approximate surface area is 138 Å². The monoisotopic (exact) mass is 363 g/mol. The van der Waals surface area contributed by atoms with Gasteiger partial charge in [0.25, 0.3) is 0 Å². The van der Waals surface area contributed by atoms with Gasteiger partial charge in [-0.25, -0.2) is 0 Å². The predicted octanol–water partition coefficient (Wildman–Crippen LogP) is 4.54. The fourth-order valence-corrected chi connectivity index (χ4v) is 2.63. The van der Waals surface area contributed by atoms with E-state index in [-0.39, 0.29) is 0 Å². The highest BCUT2D eigenvalue weighted by molar-refractivity contribution is 9.10. The molecule has 2 aromatic rings. The van der Waals surface area contributed by atoms with Crippen LogP contribution in [0.15, 0.2) is 46.0 Å². The third-order valence-electron chi connectivity index (χ3n) is 3.17. The topological polar surface area (TPSA) is 51.0 Å². The van der Waals surface area contributed by atoms with Crippen LogP contribution in [0.1, 0.15) is 23.6 Å². The van der Waals surface area contributed by atoms with Gasteiger partial charge < -0.3 is 14.7 Å². The molecule has 4 nitrogen and oxygen atoms in total. The first-order valence-corrected chi connectivity index (χ1v) is 7.76. The molecule has 2 rings (SSSR count). The van der Waals surface area contributed by atoms with Crippen molar-refractivity contribution >= 4 is 22.1 Å². The second kappa shape index (κ2) is 7.84. The van der Waals surface area contributed by atoms with Gasteiger partial charge in [0.2, 0.25) is 0 Å². The summed E-state index contributed by atoms with van der Waals surface area (Å²) >= 11 is 3.48. The summed E-state index contributed by atoms with van der Waals surface area (Å²) in [5, 5.41) is 11.7. The van der Waals surface area contributed by atoms with Crippen LogP contribution in [0.4, 0.5) is 0 Å². The van der Waals surface area contributed by atoms with Gasteiger partial charge in [-0.1, -0.05) is 29.4 Å². The highest BCUT2D eigenvalue weighted by atomic mass is 79.9. The van der Waals surface area contributed by atoms with E-state index in [0.29, 0.717) is 24.7 Å². The van der Waals surface area contributed by atoms with Gasteiger partial charge in [0.1, 0.15) is 6.61 Å². The van der Waals surface area contributed by atoms with Crippen molar-refractivity contribution in [3.05, 3.63) is 57.6 Å². The zero-order valence-electron chi connectivity index (χ0n) is 12.5. The number of aryl methyl sites for hydroxylation is 1. The summed E-state index contributed by atoms with van der Waals surface area (Å²) in [5.41, 5.74) is 3.03. The summed E-state index contributed by atoms with van der Waals surface area (Å²) in [6.07, 6.45) is 1.35. The first-order valence-electron chi connectivity index (χ1n) is 6.96. The Morgan fingerprint density at radius 3 is 2.68 bits per heavy atom. The van der Waals surface area contributed by atoms with E-state index in [0.717, 1.165) is 15.6 Å². The molecule has 116 valence electrons. The summed E-state index contributed by atoms with van der Waals surface area (Å²) in [7, 11) is 0. The minimum atomic E-state index is 0.457. The largest absolute Gasteiger partial charge is 0.490 e. The molecule has 0 amide bonds. The lowest BCUT2D eigenvalue weighted by Crippen LogP contribution is -2.02. The summed E-state index contributed by atoms with van der Waals surface area (Å²) < 4.78 is 12.3. The van der Waals surface area contributed by atoms with Gasteiger partial charge in [0, 0.05) is 5.56 Å². The van der Waals surface area contributed by atoms with Crippen molar-refractivity contribution in [2.45, 2.75) is 20.5 Å². The summed E-state index contributed by atoms with van der Waals surface area (Å²) in [4.78, 5) is 0. The van der Waals surface area contributed by atoms with Crippen molar-refractivity contribution < 1.29 is 14.7 Å². The van der Waals surface area contributed by atoms with Crippen LogP contribution in [-0.2, 0) is 6.61 Å². The molecular formula is C17H18BrNO3. The summed E-state index contributed by atoms with van der Waals surface area (Å²) in [5.74, 6) is 1.25. The van der Waals surface area contributed by atoms with Crippen molar-refractivity contribution in [3.8, 4) is 11.5 Å². The maximum atomic E-state index is 8.67. The van der Waals surface area contributed by atoms with Crippen LogP contribution in [-0.4, -0.2) is 18.0 Å². The fraction of sp³-hybridized carbons (Fsp3) is 0.235. The second-order valence-corrected chi connectivity index (χ2v) is 5.58. The molecule has 0 saturated heterocycles. The Hall–Kier alpha value is -2.01. The molecule has 1 N–H and O–H groups in total. The molecule has 0 radical (unpaired) electrons. The number of ether oxygens (including phenoxy) is 2. The quantitative estimate of drug-likeness (QED) is 0.465. The Balaban J connectivity index is 2.27. The van der Waals surface area contributed by atoms with E-state index in [2.05, 4.69) is 34.1 Å². The van der Waals surface area contributed by atoms with Crippen LogP contribution in [0, 0.1) is 6.92 Å². The minimum Gasteiger partial charge on any atom is -0.490 e. The maximum Gasteiger partial charge on any atom is 0.175 e. The second-order valence-electron chi connectivity index (χ2n) is 4.72.